The fourth-order valence-electron chi connectivity index (χ4n) is 3.30. The average Bonchev–Trinajstić information content (AvgIpc) is 2.61. The third-order valence-electron chi connectivity index (χ3n) is 4.91. The van der Waals surface area contributed by atoms with Gasteiger partial charge in [0.25, 0.3) is 0 Å². The van der Waals surface area contributed by atoms with E-state index in [1.165, 1.54) is 28.1 Å². The van der Waals surface area contributed by atoms with Crippen molar-refractivity contribution in [3.8, 4) is 0 Å². The lowest BCUT2D eigenvalue weighted by Gasteiger charge is -2.22. The van der Waals surface area contributed by atoms with Crippen molar-refractivity contribution in [2.24, 2.45) is 0 Å². The predicted octanol–water partition coefficient (Wildman–Crippen LogP) is 5.28. The number of aryl methyl sites for hydroxylation is 1. The van der Waals surface area contributed by atoms with Gasteiger partial charge in [-0.25, -0.2) is 0 Å². The standard InChI is InChI=1S/C22H32N2/c1-6-23(7-2)21-13-10-19(11-14-21)17-20-12-15-22(16-18(20)5)24(8-3)9-4/h10-16H,6-9,17H2,1-5H3. The minimum Gasteiger partial charge on any atom is -0.372 e. The Morgan fingerprint density at radius 3 is 1.67 bits per heavy atom. The molecule has 2 aromatic rings. The lowest BCUT2D eigenvalue weighted by molar-refractivity contribution is 0.864. The molecule has 0 unspecified atom stereocenters. The molecule has 2 heteroatoms. The molecule has 0 saturated carbocycles. The molecule has 2 rings (SSSR count). The Labute approximate surface area is 148 Å². The molecular formula is C22H32N2. The molecule has 0 fully saturated rings. The second kappa shape index (κ2) is 8.77. The molecule has 0 N–H and O–H groups in total. The summed E-state index contributed by atoms with van der Waals surface area (Å²) >= 11 is 0. The number of rotatable bonds is 8. The summed E-state index contributed by atoms with van der Waals surface area (Å²) < 4.78 is 0. The normalized spacial score (nSPS) is 10.7. The van der Waals surface area contributed by atoms with E-state index in [0.717, 1.165) is 32.6 Å². The summed E-state index contributed by atoms with van der Waals surface area (Å²) in [6.07, 6.45) is 1.00. The van der Waals surface area contributed by atoms with Gasteiger partial charge in [0.1, 0.15) is 0 Å². The van der Waals surface area contributed by atoms with E-state index in [1.807, 2.05) is 0 Å². The molecule has 0 atom stereocenters. The maximum absolute atomic E-state index is 2.40. The van der Waals surface area contributed by atoms with Gasteiger partial charge in [0.05, 0.1) is 0 Å². The lowest BCUT2D eigenvalue weighted by Crippen LogP contribution is -2.21. The first kappa shape index (κ1) is 18.4. The van der Waals surface area contributed by atoms with Crippen molar-refractivity contribution in [3.63, 3.8) is 0 Å². The highest BCUT2D eigenvalue weighted by Crippen LogP contribution is 2.22. The Morgan fingerprint density at radius 1 is 0.667 bits per heavy atom. The van der Waals surface area contributed by atoms with Crippen molar-refractivity contribution in [1.29, 1.82) is 0 Å². The van der Waals surface area contributed by atoms with Crippen molar-refractivity contribution in [3.05, 3.63) is 59.2 Å². The zero-order valence-corrected chi connectivity index (χ0v) is 16.0. The maximum Gasteiger partial charge on any atom is 0.0368 e. The van der Waals surface area contributed by atoms with Gasteiger partial charge in [-0.1, -0.05) is 18.2 Å². The van der Waals surface area contributed by atoms with Crippen molar-refractivity contribution < 1.29 is 0 Å². The summed E-state index contributed by atoms with van der Waals surface area (Å²) in [5.41, 5.74) is 6.83. The quantitative estimate of drug-likeness (QED) is 0.652. The van der Waals surface area contributed by atoms with Gasteiger partial charge in [-0.05, 0) is 82.0 Å². The van der Waals surface area contributed by atoms with Crippen LogP contribution >= 0.6 is 0 Å². The van der Waals surface area contributed by atoms with Crippen molar-refractivity contribution in [2.75, 3.05) is 36.0 Å². The van der Waals surface area contributed by atoms with Crippen LogP contribution in [0.4, 0.5) is 11.4 Å². The van der Waals surface area contributed by atoms with E-state index in [1.54, 1.807) is 0 Å². The molecule has 0 radical (unpaired) electrons. The molecule has 0 aliphatic carbocycles. The number of benzene rings is 2. The topological polar surface area (TPSA) is 6.48 Å². The van der Waals surface area contributed by atoms with Crippen LogP contribution in [0.25, 0.3) is 0 Å². The van der Waals surface area contributed by atoms with Gasteiger partial charge in [-0.15, -0.1) is 0 Å². The van der Waals surface area contributed by atoms with Crippen LogP contribution < -0.4 is 9.80 Å². The predicted molar refractivity (Wildman–Crippen MR) is 108 cm³/mol. The Morgan fingerprint density at radius 2 is 1.17 bits per heavy atom. The second-order valence-corrected chi connectivity index (χ2v) is 6.30. The van der Waals surface area contributed by atoms with Crippen molar-refractivity contribution >= 4 is 11.4 Å². The average molecular weight is 325 g/mol. The third kappa shape index (κ3) is 4.31. The van der Waals surface area contributed by atoms with Gasteiger partial charge in [0.15, 0.2) is 0 Å². The molecule has 0 aliphatic rings. The van der Waals surface area contributed by atoms with E-state index in [0.29, 0.717) is 0 Å². The minimum atomic E-state index is 1.00. The van der Waals surface area contributed by atoms with Crippen molar-refractivity contribution in [2.45, 2.75) is 41.0 Å². The van der Waals surface area contributed by atoms with Crippen LogP contribution in [0, 0.1) is 6.92 Å². The summed E-state index contributed by atoms with van der Waals surface area (Å²) in [5, 5.41) is 0. The fraction of sp³-hybridized carbons (Fsp3) is 0.455. The van der Waals surface area contributed by atoms with Crippen LogP contribution in [0.1, 0.15) is 44.4 Å². The van der Waals surface area contributed by atoms with Gasteiger partial charge < -0.3 is 9.80 Å². The molecule has 0 amide bonds. The summed E-state index contributed by atoms with van der Waals surface area (Å²) in [6.45, 7) is 15.3. The van der Waals surface area contributed by atoms with Crippen molar-refractivity contribution in [1.82, 2.24) is 0 Å². The smallest absolute Gasteiger partial charge is 0.0368 e. The van der Waals surface area contributed by atoms with Gasteiger partial charge in [-0.2, -0.15) is 0 Å². The Kier molecular flexibility index (Phi) is 6.72. The van der Waals surface area contributed by atoms with Crippen LogP contribution in [0.2, 0.25) is 0 Å². The molecule has 2 nitrogen and oxygen atoms in total. The SMILES string of the molecule is CCN(CC)c1ccc(Cc2ccc(N(CC)CC)cc2C)cc1. The molecule has 0 aliphatic heterocycles. The molecule has 0 aromatic heterocycles. The number of hydrogen-bond acceptors (Lipinski definition) is 2. The van der Waals surface area contributed by atoms with Gasteiger partial charge in [-0.3, -0.25) is 0 Å². The van der Waals surface area contributed by atoms with Gasteiger partial charge in [0, 0.05) is 37.6 Å². The van der Waals surface area contributed by atoms with Crippen LogP contribution in [0.15, 0.2) is 42.5 Å². The molecule has 130 valence electrons. The van der Waals surface area contributed by atoms with E-state index < -0.39 is 0 Å². The Balaban J connectivity index is 2.13. The summed E-state index contributed by atoms with van der Waals surface area (Å²) in [7, 11) is 0. The molecule has 24 heavy (non-hydrogen) atoms. The number of hydrogen-bond donors (Lipinski definition) is 0. The largest absolute Gasteiger partial charge is 0.372 e. The van der Waals surface area contributed by atoms with Crippen LogP contribution in [0.3, 0.4) is 0 Å². The van der Waals surface area contributed by atoms with Crippen LogP contribution in [0.5, 0.6) is 0 Å². The molecule has 0 bridgehead atoms. The summed E-state index contributed by atoms with van der Waals surface area (Å²) in [5.74, 6) is 0. The first-order chi connectivity index (χ1) is 11.6. The van der Waals surface area contributed by atoms with E-state index in [-0.39, 0.29) is 0 Å². The first-order valence-corrected chi connectivity index (χ1v) is 9.31. The fourth-order valence-corrected chi connectivity index (χ4v) is 3.30. The maximum atomic E-state index is 2.40. The number of nitrogens with zero attached hydrogens (tertiary/aromatic N) is 2. The zero-order chi connectivity index (χ0) is 17.5. The summed E-state index contributed by atoms with van der Waals surface area (Å²) in [6, 6.07) is 15.9. The molecule has 2 aromatic carbocycles. The molecule has 0 heterocycles. The van der Waals surface area contributed by atoms with Crippen LogP contribution in [-0.4, -0.2) is 26.2 Å². The third-order valence-corrected chi connectivity index (χ3v) is 4.91. The van der Waals surface area contributed by atoms with E-state index in [9.17, 15) is 0 Å². The Hall–Kier alpha value is -1.96. The van der Waals surface area contributed by atoms with Gasteiger partial charge >= 0.3 is 0 Å². The second-order valence-electron chi connectivity index (χ2n) is 6.30. The first-order valence-electron chi connectivity index (χ1n) is 9.31. The highest BCUT2D eigenvalue weighted by Gasteiger charge is 2.07. The highest BCUT2D eigenvalue weighted by atomic mass is 15.1. The minimum absolute atomic E-state index is 1.00. The monoisotopic (exact) mass is 324 g/mol. The molecular weight excluding hydrogens is 292 g/mol. The van der Waals surface area contributed by atoms with Gasteiger partial charge in [0.2, 0.25) is 0 Å². The van der Waals surface area contributed by atoms with E-state index in [4.69, 9.17) is 0 Å². The lowest BCUT2D eigenvalue weighted by atomic mass is 9.99. The zero-order valence-electron chi connectivity index (χ0n) is 16.0. The van der Waals surface area contributed by atoms with E-state index >= 15 is 0 Å². The number of anilines is 2. The Bertz CT molecular complexity index is 623. The molecule has 0 saturated heterocycles. The summed E-state index contributed by atoms with van der Waals surface area (Å²) in [4.78, 5) is 4.78. The van der Waals surface area contributed by atoms with E-state index in [2.05, 4.69) is 86.9 Å². The van der Waals surface area contributed by atoms with Crippen LogP contribution in [-0.2, 0) is 6.42 Å². The highest BCUT2D eigenvalue weighted by molar-refractivity contribution is 5.52. The molecule has 0 spiro atoms.